The maximum atomic E-state index is 4.41. The molecule has 26 heavy (non-hydrogen) atoms. The van der Waals surface area contributed by atoms with E-state index in [0.29, 0.717) is 13.1 Å². The quantitative estimate of drug-likeness (QED) is 0.320. The molecule has 0 aromatic carbocycles. The third kappa shape index (κ3) is 5.49. The summed E-state index contributed by atoms with van der Waals surface area (Å²) in [7, 11) is 1.76. The van der Waals surface area contributed by atoms with Gasteiger partial charge in [-0.1, -0.05) is 6.92 Å². The highest BCUT2D eigenvalue weighted by Crippen LogP contribution is 2.12. The molecule has 0 bridgehead atoms. The number of guanidine groups is 1. The second-order valence-corrected chi connectivity index (χ2v) is 6.53. The van der Waals surface area contributed by atoms with Gasteiger partial charge < -0.3 is 10.6 Å². The van der Waals surface area contributed by atoms with Crippen LogP contribution in [-0.2, 0) is 19.5 Å². The van der Waals surface area contributed by atoms with Gasteiger partial charge in [0, 0.05) is 43.3 Å². The van der Waals surface area contributed by atoms with Crippen molar-refractivity contribution in [2.45, 2.75) is 26.4 Å². The van der Waals surface area contributed by atoms with E-state index < -0.39 is 0 Å². The Morgan fingerprint density at radius 3 is 2.77 bits per heavy atom. The van der Waals surface area contributed by atoms with Crippen molar-refractivity contribution < 1.29 is 0 Å². The maximum absolute atomic E-state index is 4.41. The molecule has 0 aliphatic heterocycles. The molecule has 3 aromatic heterocycles. The monoisotopic (exact) mass is 483 g/mol. The molecule has 0 unspecified atom stereocenters. The molecule has 9 heteroatoms. The molecule has 3 rings (SSSR count). The number of nitrogens with one attached hydrogen (secondary N) is 2. The number of halogens is 1. The van der Waals surface area contributed by atoms with Crippen LogP contribution >= 0.6 is 35.3 Å². The zero-order valence-electron chi connectivity index (χ0n) is 14.7. The predicted molar refractivity (Wildman–Crippen MR) is 115 cm³/mol. The van der Waals surface area contributed by atoms with Crippen LogP contribution in [0.1, 0.15) is 22.4 Å². The average Bonchev–Trinajstić information content (AvgIpc) is 3.34. The molecule has 3 heterocycles. The number of aliphatic imine (C=N–C) groups is 1. The molecule has 0 amide bonds. The van der Waals surface area contributed by atoms with E-state index >= 15 is 0 Å². The smallest absolute Gasteiger partial charge is 0.191 e. The van der Waals surface area contributed by atoms with Crippen molar-refractivity contribution in [1.82, 2.24) is 30.4 Å². The zero-order valence-corrected chi connectivity index (χ0v) is 17.9. The molecule has 0 saturated carbocycles. The number of rotatable bonds is 6. The molecule has 138 valence electrons. The van der Waals surface area contributed by atoms with E-state index in [0.717, 1.165) is 28.8 Å². The van der Waals surface area contributed by atoms with E-state index in [4.69, 9.17) is 0 Å². The Hall–Kier alpha value is -2.01. The zero-order chi connectivity index (χ0) is 17.5. The van der Waals surface area contributed by atoms with Crippen LogP contribution in [0.4, 0.5) is 0 Å². The largest absolute Gasteiger partial charge is 0.352 e. The van der Waals surface area contributed by atoms with E-state index in [9.17, 15) is 0 Å². The van der Waals surface area contributed by atoms with Crippen molar-refractivity contribution in [3.05, 3.63) is 58.4 Å². The standard InChI is InChI=1S/C17H21N7S.HI/c1-3-14-11-20-16(25-14)12-22-17(18-2)21-10-13-5-7-19-15(9-13)24-8-4-6-23-24;/h4-9,11H,3,10,12H2,1-2H3,(H2,18,21,22);1H. The molecule has 2 N–H and O–H groups in total. The molecule has 0 spiro atoms. The van der Waals surface area contributed by atoms with Crippen LogP contribution in [-0.4, -0.2) is 32.8 Å². The summed E-state index contributed by atoms with van der Waals surface area (Å²) in [6, 6.07) is 5.85. The Balaban J connectivity index is 0.00000243. The minimum atomic E-state index is 0. The summed E-state index contributed by atoms with van der Waals surface area (Å²) in [5.41, 5.74) is 1.10. The first-order chi connectivity index (χ1) is 12.3. The van der Waals surface area contributed by atoms with Crippen LogP contribution < -0.4 is 10.6 Å². The lowest BCUT2D eigenvalue weighted by molar-refractivity contribution is 0.797. The first kappa shape index (κ1) is 20.3. The molecule has 0 saturated heterocycles. The molecule has 0 fully saturated rings. The van der Waals surface area contributed by atoms with Crippen LogP contribution in [0, 0.1) is 0 Å². The number of hydrogen-bond acceptors (Lipinski definition) is 5. The van der Waals surface area contributed by atoms with Gasteiger partial charge in [-0.2, -0.15) is 5.10 Å². The Labute approximate surface area is 174 Å². The third-order valence-corrected chi connectivity index (χ3v) is 4.73. The van der Waals surface area contributed by atoms with Crippen LogP contribution in [0.5, 0.6) is 0 Å². The number of nitrogens with zero attached hydrogens (tertiary/aromatic N) is 5. The molecule has 0 aliphatic carbocycles. The second kappa shape index (κ2) is 10.2. The Kier molecular flexibility index (Phi) is 7.98. The molecule has 0 atom stereocenters. The third-order valence-electron chi connectivity index (χ3n) is 3.59. The van der Waals surface area contributed by atoms with E-state index in [1.807, 2.05) is 30.6 Å². The van der Waals surface area contributed by atoms with Gasteiger partial charge in [-0.25, -0.2) is 14.6 Å². The lowest BCUT2D eigenvalue weighted by Gasteiger charge is -2.11. The first-order valence-corrected chi connectivity index (χ1v) is 8.93. The fraction of sp³-hybridized carbons (Fsp3) is 0.294. The highest BCUT2D eigenvalue weighted by atomic mass is 127. The summed E-state index contributed by atoms with van der Waals surface area (Å²) in [6.07, 6.45) is 8.35. The average molecular weight is 483 g/mol. The van der Waals surface area contributed by atoms with Gasteiger partial charge in [0.2, 0.25) is 0 Å². The maximum Gasteiger partial charge on any atom is 0.191 e. The molecule has 7 nitrogen and oxygen atoms in total. The minimum Gasteiger partial charge on any atom is -0.352 e. The number of thiazole rings is 1. The van der Waals surface area contributed by atoms with Gasteiger partial charge in [0.15, 0.2) is 11.8 Å². The highest BCUT2D eigenvalue weighted by Gasteiger charge is 2.04. The van der Waals surface area contributed by atoms with Crippen molar-refractivity contribution in [1.29, 1.82) is 0 Å². The SMILES string of the molecule is CCc1cnc(CNC(=NC)NCc2ccnc(-n3cccn3)c2)s1.I. The number of hydrogen-bond donors (Lipinski definition) is 2. The van der Waals surface area contributed by atoms with Crippen LogP contribution in [0.25, 0.3) is 5.82 Å². The minimum absolute atomic E-state index is 0. The Morgan fingerprint density at radius 1 is 1.23 bits per heavy atom. The summed E-state index contributed by atoms with van der Waals surface area (Å²) >= 11 is 1.73. The van der Waals surface area contributed by atoms with Crippen molar-refractivity contribution >= 4 is 41.3 Å². The summed E-state index contributed by atoms with van der Waals surface area (Å²) in [4.78, 5) is 14.3. The normalized spacial score (nSPS) is 11.1. The number of aryl methyl sites for hydroxylation is 1. The van der Waals surface area contributed by atoms with Gasteiger partial charge in [0.25, 0.3) is 0 Å². The Morgan fingerprint density at radius 2 is 2.08 bits per heavy atom. The number of pyridine rings is 1. The second-order valence-electron chi connectivity index (χ2n) is 5.33. The van der Waals surface area contributed by atoms with Gasteiger partial charge in [0.05, 0.1) is 6.54 Å². The fourth-order valence-electron chi connectivity index (χ4n) is 2.26. The van der Waals surface area contributed by atoms with Crippen molar-refractivity contribution in [3.63, 3.8) is 0 Å². The topological polar surface area (TPSA) is 80.0 Å². The summed E-state index contributed by atoms with van der Waals surface area (Å²) in [5.74, 6) is 1.54. The van der Waals surface area contributed by atoms with Crippen molar-refractivity contribution in [2.75, 3.05) is 7.05 Å². The Bertz CT molecular complexity index is 829. The van der Waals surface area contributed by atoms with Gasteiger partial charge >= 0.3 is 0 Å². The first-order valence-electron chi connectivity index (χ1n) is 8.11. The number of aromatic nitrogens is 4. The fourth-order valence-corrected chi connectivity index (χ4v) is 3.06. The van der Waals surface area contributed by atoms with E-state index in [2.05, 4.69) is 37.6 Å². The van der Waals surface area contributed by atoms with Crippen LogP contribution in [0.3, 0.4) is 0 Å². The molecule has 0 aliphatic rings. The predicted octanol–water partition coefficient (Wildman–Crippen LogP) is 2.77. The molecular weight excluding hydrogens is 461 g/mol. The molecule has 0 radical (unpaired) electrons. The van der Waals surface area contributed by atoms with E-state index in [1.54, 1.807) is 35.5 Å². The van der Waals surface area contributed by atoms with Crippen LogP contribution in [0.15, 0.2) is 48.0 Å². The van der Waals surface area contributed by atoms with Crippen molar-refractivity contribution in [2.24, 2.45) is 4.99 Å². The molecule has 3 aromatic rings. The summed E-state index contributed by atoms with van der Waals surface area (Å²) < 4.78 is 1.74. The van der Waals surface area contributed by atoms with E-state index in [1.165, 1.54) is 4.88 Å². The lowest BCUT2D eigenvalue weighted by atomic mass is 10.2. The van der Waals surface area contributed by atoms with Gasteiger partial charge in [0.1, 0.15) is 5.01 Å². The van der Waals surface area contributed by atoms with Crippen LogP contribution in [0.2, 0.25) is 0 Å². The molecular formula is C17H22IN7S. The summed E-state index contributed by atoms with van der Waals surface area (Å²) in [6.45, 7) is 3.45. The van der Waals surface area contributed by atoms with Gasteiger partial charge in [-0.15, -0.1) is 35.3 Å². The van der Waals surface area contributed by atoms with Crippen molar-refractivity contribution in [3.8, 4) is 5.82 Å². The van der Waals surface area contributed by atoms with Gasteiger partial charge in [-0.05, 0) is 30.2 Å². The summed E-state index contributed by atoms with van der Waals surface area (Å²) in [5, 5.41) is 11.9. The van der Waals surface area contributed by atoms with Gasteiger partial charge in [-0.3, -0.25) is 4.99 Å². The lowest BCUT2D eigenvalue weighted by Crippen LogP contribution is -2.36. The van der Waals surface area contributed by atoms with E-state index in [-0.39, 0.29) is 24.0 Å². The highest BCUT2D eigenvalue weighted by molar-refractivity contribution is 14.0.